The Balaban J connectivity index is 3.25. The van der Waals surface area contributed by atoms with Crippen LogP contribution in [0.4, 0.5) is 14.5 Å². The van der Waals surface area contributed by atoms with Gasteiger partial charge in [0.25, 0.3) is 0 Å². The molecular formula is C10H14F2N2O4S. The van der Waals surface area contributed by atoms with E-state index >= 15 is 0 Å². The zero-order valence-electron chi connectivity index (χ0n) is 10.0. The first kappa shape index (κ1) is 15.8. The van der Waals surface area contributed by atoms with Crippen LogP contribution in [-0.2, 0) is 10.0 Å². The lowest BCUT2D eigenvalue weighted by Gasteiger charge is -2.25. The molecule has 19 heavy (non-hydrogen) atoms. The summed E-state index contributed by atoms with van der Waals surface area (Å²) in [5, 5.41) is 18.0. The van der Waals surface area contributed by atoms with Crippen molar-refractivity contribution in [3.8, 4) is 0 Å². The summed E-state index contributed by atoms with van der Waals surface area (Å²) in [6, 6.07) is 0.974. The molecule has 0 amide bonds. The zero-order valence-corrected chi connectivity index (χ0v) is 10.8. The first-order valence-corrected chi connectivity index (χ1v) is 6.64. The van der Waals surface area contributed by atoms with Crippen LogP contribution >= 0.6 is 0 Å². The molecular weight excluding hydrogens is 282 g/mol. The van der Waals surface area contributed by atoms with Gasteiger partial charge in [-0.15, -0.1) is 0 Å². The predicted molar refractivity (Wildman–Crippen MR) is 63.7 cm³/mol. The number of aliphatic hydroxyl groups excluding tert-OH is 2. The Morgan fingerprint density at radius 1 is 1.26 bits per heavy atom. The summed E-state index contributed by atoms with van der Waals surface area (Å²) in [4.78, 5) is -0.862. The average molecular weight is 296 g/mol. The van der Waals surface area contributed by atoms with Gasteiger partial charge >= 0.3 is 0 Å². The summed E-state index contributed by atoms with van der Waals surface area (Å²) in [5.41, 5.74) is 3.08. The number of nitrogens with one attached hydrogen (secondary N) is 1. The second-order valence-electron chi connectivity index (χ2n) is 4.29. The lowest BCUT2D eigenvalue weighted by atomic mass is 10.1. The van der Waals surface area contributed by atoms with Crippen LogP contribution in [0.25, 0.3) is 0 Å². The molecule has 0 aliphatic rings. The van der Waals surface area contributed by atoms with Crippen LogP contribution in [0.3, 0.4) is 0 Å². The molecule has 0 atom stereocenters. The van der Waals surface area contributed by atoms with E-state index in [-0.39, 0.29) is 0 Å². The normalized spacial score (nSPS) is 12.7. The van der Waals surface area contributed by atoms with E-state index in [1.165, 1.54) is 6.92 Å². The summed E-state index contributed by atoms with van der Waals surface area (Å²) < 4.78 is 52.2. The van der Waals surface area contributed by atoms with Gasteiger partial charge in [0.2, 0.25) is 10.0 Å². The minimum atomic E-state index is -4.40. The second-order valence-corrected chi connectivity index (χ2v) is 5.94. The molecule has 0 heterocycles. The topological polar surface area (TPSA) is 113 Å². The molecule has 0 radical (unpaired) electrons. The molecule has 0 bridgehead atoms. The van der Waals surface area contributed by atoms with E-state index in [1.54, 1.807) is 0 Å². The van der Waals surface area contributed by atoms with Crippen molar-refractivity contribution < 1.29 is 27.4 Å². The van der Waals surface area contributed by atoms with Crippen LogP contribution in [0.15, 0.2) is 17.0 Å². The third kappa shape index (κ3) is 3.38. The Labute approximate surface area is 108 Å². The Morgan fingerprint density at radius 2 is 1.79 bits per heavy atom. The number of nitrogen functional groups attached to an aromatic ring is 1. The fourth-order valence-electron chi connectivity index (χ4n) is 1.24. The molecule has 0 aliphatic heterocycles. The molecule has 1 aromatic carbocycles. The molecule has 5 N–H and O–H groups in total. The summed E-state index contributed by atoms with van der Waals surface area (Å²) in [5.74, 6) is -2.40. The molecule has 108 valence electrons. The largest absolute Gasteiger partial charge is 0.396 e. The molecule has 0 saturated heterocycles. The highest BCUT2D eigenvalue weighted by Gasteiger charge is 2.31. The van der Waals surface area contributed by atoms with Gasteiger partial charge in [-0.25, -0.2) is 21.9 Å². The van der Waals surface area contributed by atoms with Crippen molar-refractivity contribution in [3.63, 3.8) is 0 Å². The van der Waals surface area contributed by atoms with Crippen LogP contribution in [0, 0.1) is 11.6 Å². The van der Waals surface area contributed by atoms with Crippen LogP contribution in [0.5, 0.6) is 0 Å². The highest BCUT2D eigenvalue weighted by Crippen LogP contribution is 2.22. The van der Waals surface area contributed by atoms with Crippen molar-refractivity contribution >= 4 is 15.7 Å². The number of hydrogen-bond donors (Lipinski definition) is 4. The van der Waals surface area contributed by atoms with E-state index in [9.17, 15) is 17.2 Å². The van der Waals surface area contributed by atoms with Crippen LogP contribution in [0.2, 0.25) is 0 Å². The van der Waals surface area contributed by atoms with Gasteiger partial charge in [0.15, 0.2) is 0 Å². The molecule has 1 aromatic rings. The van der Waals surface area contributed by atoms with E-state index in [4.69, 9.17) is 15.9 Å². The molecule has 1 rings (SSSR count). The summed E-state index contributed by atoms with van der Waals surface area (Å²) in [6.45, 7) is -0.197. The van der Waals surface area contributed by atoms with Gasteiger partial charge in [-0.2, -0.15) is 0 Å². The maximum absolute atomic E-state index is 13.5. The highest BCUT2D eigenvalue weighted by molar-refractivity contribution is 7.89. The first-order chi connectivity index (χ1) is 8.65. The van der Waals surface area contributed by atoms with Crippen molar-refractivity contribution in [2.75, 3.05) is 18.9 Å². The van der Waals surface area contributed by atoms with Gasteiger partial charge in [0.1, 0.15) is 16.5 Å². The van der Waals surface area contributed by atoms with Gasteiger partial charge in [-0.1, -0.05) is 0 Å². The van der Waals surface area contributed by atoms with Crippen molar-refractivity contribution in [2.24, 2.45) is 0 Å². The summed E-state index contributed by atoms with van der Waals surface area (Å²) in [6.07, 6.45) is 0. The predicted octanol–water partition coefficient (Wildman–Crippen LogP) is -0.431. The van der Waals surface area contributed by atoms with Gasteiger partial charge in [-0.3, -0.25) is 0 Å². The van der Waals surface area contributed by atoms with E-state index in [2.05, 4.69) is 0 Å². The number of halogens is 2. The SMILES string of the molecule is CC(CO)(CO)NS(=O)(=O)c1cc(N)c(F)cc1F. The molecule has 9 heteroatoms. The minimum absolute atomic E-state index is 0.346. The van der Waals surface area contributed by atoms with Gasteiger partial charge in [0.05, 0.1) is 24.4 Å². The number of nitrogens with two attached hydrogens (primary N) is 1. The Kier molecular flexibility index (Phi) is 4.46. The van der Waals surface area contributed by atoms with E-state index in [1.807, 2.05) is 4.72 Å². The third-order valence-corrected chi connectivity index (χ3v) is 4.07. The maximum atomic E-state index is 13.5. The smallest absolute Gasteiger partial charge is 0.244 e. The van der Waals surface area contributed by atoms with Crippen LogP contribution in [-0.4, -0.2) is 37.4 Å². The van der Waals surface area contributed by atoms with Crippen molar-refractivity contribution in [2.45, 2.75) is 17.4 Å². The van der Waals surface area contributed by atoms with Crippen molar-refractivity contribution in [3.05, 3.63) is 23.8 Å². The highest BCUT2D eigenvalue weighted by atomic mass is 32.2. The fraction of sp³-hybridized carbons (Fsp3) is 0.400. The standard InChI is InChI=1S/C10H14F2N2O4S/c1-10(4-15,5-16)14-19(17,18)9-3-8(13)6(11)2-7(9)12/h2-3,14-16H,4-5,13H2,1H3. The number of benzene rings is 1. The van der Waals surface area contributed by atoms with Gasteiger partial charge in [-0.05, 0) is 13.0 Å². The first-order valence-electron chi connectivity index (χ1n) is 5.15. The van der Waals surface area contributed by atoms with E-state index in [0.29, 0.717) is 12.1 Å². The van der Waals surface area contributed by atoms with Gasteiger partial charge in [0, 0.05) is 6.07 Å². The summed E-state index contributed by atoms with van der Waals surface area (Å²) in [7, 11) is -4.40. The van der Waals surface area contributed by atoms with Crippen LogP contribution in [0.1, 0.15) is 6.92 Å². The van der Waals surface area contributed by atoms with E-state index in [0.717, 1.165) is 0 Å². The Bertz CT molecular complexity index is 573. The molecule has 0 aromatic heterocycles. The number of aliphatic hydroxyl groups is 2. The molecule has 0 aliphatic carbocycles. The molecule has 0 saturated carbocycles. The zero-order chi connectivity index (χ0) is 14.8. The Hall–Kier alpha value is -1.29. The number of anilines is 1. The monoisotopic (exact) mass is 296 g/mol. The maximum Gasteiger partial charge on any atom is 0.244 e. The average Bonchev–Trinajstić information content (AvgIpc) is 2.33. The molecule has 0 unspecified atom stereocenters. The Morgan fingerprint density at radius 3 is 2.26 bits per heavy atom. The molecule has 0 spiro atoms. The second kappa shape index (κ2) is 5.37. The lowest BCUT2D eigenvalue weighted by molar-refractivity contribution is 0.121. The van der Waals surface area contributed by atoms with E-state index < -0.39 is 51.0 Å². The van der Waals surface area contributed by atoms with Crippen molar-refractivity contribution in [1.82, 2.24) is 4.72 Å². The number of hydrogen-bond acceptors (Lipinski definition) is 5. The van der Waals surface area contributed by atoms with Gasteiger partial charge < -0.3 is 15.9 Å². The van der Waals surface area contributed by atoms with Crippen molar-refractivity contribution in [1.29, 1.82) is 0 Å². The summed E-state index contributed by atoms with van der Waals surface area (Å²) >= 11 is 0. The third-order valence-electron chi connectivity index (χ3n) is 2.42. The molecule has 0 fully saturated rings. The van der Waals surface area contributed by atoms with Crippen LogP contribution < -0.4 is 10.5 Å². The fourth-order valence-corrected chi connectivity index (χ4v) is 2.73. The quantitative estimate of drug-likeness (QED) is 0.551. The number of rotatable bonds is 5. The number of sulfonamides is 1. The lowest BCUT2D eigenvalue weighted by Crippen LogP contribution is -2.51. The molecule has 6 nitrogen and oxygen atoms in total. The minimum Gasteiger partial charge on any atom is -0.396 e.